The SMILES string of the molecule is COCc1nc(NC2CCN(C(=O)C3CC3)CC2)cc(C2CC(N)C2)n1.Cl.Cl. The molecule has 0 radical (unpaired) electrons. The van der Waals surface area contributed by atoms with E-state index in [9.17, 15) is 4.79 Å². The summed E-state index contributed by atoms with van der Waals surface area (Å²) in [6, 6.07) is 2.71. The minimum atomic E-state index is 0. The molecule has 2 heterocycles. The molecule has 7 nitrogen and oxygen atoms in total. The number of rotatable bonds is 6. The van der Waals surface area contributed by atoms with E-state index in [2.05, 4.69) is 21.4 Å². The molecule has 2 saturated carbocycles. The monoisotopic (exact) mass is 431 g/mol. The van der Waals surface area contributed by atoms with E-state index in [4.69, 9.17) is 10.5 Å². The Kier molecular flexibility index (Phi) is 8.30. The summed E-state index contributed by atoms with van der Waals surface area (Å²) in [6.07, 6.45) is 6.06. The van der Waals surface area contributed by atoms with Crippen LogP contribution in [0.15, 0.2) is 6.07 Å². The molecule has 0 atom stereocenters. The molecule has 4 rings (SSSR count). The van der Waals surface area contributed by atoms with Crippen LogP contribution in [0.5, 0.6) is 0 Å². The van der Waals surface area contributed by atoms with E-state index >= 15 is 0 Å². The minimum absolute atomic E-state index is 0. The van der Waals surface area contributed by atoms with E-state index < -0.39 is 0 Å². The summed E-state index contributed by atoms with van der Waals surface area (Å²) in [5.41, 5.74) is 7.00. The van der Waals surface area contributed by atoms with Crippen LogP contribution in [0.2, 0.25) is 0 Å². The number of piperidine rings is 1. The first-order chi connectivity index (χ1) is 12.6. The van der Waals surface area contributed by atoms with Gasteiger partial charge in [0.05, 0.1) is 0 Å². The Hall–Kier alpha value is -1.15. The van der Waals surface area contributed by atoms with Crippen LogP contribution >= 0.6 is 24.8 Å². The Bertz CT molecular complexity index is 660. The Morgan fingerprint density at radius 1 is 1.21 bits per heavy atom. The molecule has 3 aliphatic rings. The molecular weight excluding hydrogens is 401 g/mol. The van der Waals surface area contributed by atoms with Crippen molar-refractivity contribution < 1.29 is 9.53 Å². The quantitative estimate of drug-likeness (QED) is 0.718. The number of hydrogen-bond acceptors (Lipinski definition) is 6. The van der Waals surface area contributed by atoms with Gasteiger partial charge in [-0.25, -0.2) is 9.97 Å². The van der Waals surface area contributed by atoms with E-state index in [0.717, 1.165) is 63.1 Å². The molecule has 0 spiro atoms. The molecule has 2 aliphatic carbocycles. The summed E-state index contributed by atoms with van der Waals surface area (Å²) in [5.74, 6) is 2.69. The van der Waals surface area contributed by atoms with Gasteiger partial charge in [0.25, 0.3) is 0 Å². The lowest BCUT2D eigenvalue weighted by molar-refractivity contribution is -0.133. The molecule has 0 unspecified atom stereocenters. The van der Waals surface area contributed by atoms with Gasteiger partial charge in [-0.1, -0.05) is 0 Å². The van der Waals surface area contributed by atoms with E-state index in [0.29, 0.717) is 42.3 Å². The molecule has 9 heteroatoms. The predicted molar refractivity (Wildman–Crippen MR) is 113 cm³/mol. The van der Waals surface area contributed by atoms with Gasteiger partial charge in [-0.2, -0.15) is 0 Å². The summed E-state index contributed by atoms with van der Waals surface area (Å²) >= 11 is 0. The highest BCUT2D eigenvalue weighted by Crippen LogP contribution is 2.35. The lowest BCUT2D eigenvalue weighted by Crippen LogP contribution is -2.43. The second-order valence-electron chi connectivity index (χ2n) is 7.97. The number of nitrogens with two attached hydrogens (primary N) is 1. The Morgan fingerprint density at radius 2 is 1.89 bits per heavy atom. The molecule has 1 aliphatic heterocycles. The third kappa shape index (κ3) is 5.47. The van der Waals surface area contributed by atoms with Gasteiger partial charge in [0.15, 0.2) is 5.82 Å². The van der Waals surface area contributed by atoms with Crippen molar-refractivity contribution >= 4 is 36.5 Å². The number of methoxy groups -OCH3 is 1. The summed E-state index contributed by atoms with van der Waals surface area (Å²) in [5, 5.41) is 3.56. The number of nitrogens with zero attached hydrogens (tertiary/aromatic N) is 3. The van der Waals surface area contributed by atoms with E-state index in [1.807, 2.05) is 4.90 Å². The van der Waals surface area contributed by atoms with Crippen molar-refractivity contribution in [1.82, 2.24) is 14.9 Å². The summed E-state index contributed by atoms with van der Waals surface area (Å²) in [4.78, 5) is 23.5. The third-order valence-corrected chi connectivity index (χ3v) is 5.74. The van der Waals surface area contributed by atoms with E-state index in [1.54, 1.807) is 7.11 Å². The maximum Gasteiger partial charge on any atom is 0.225 e. The smallest absolute Gasteiger partial charge is 0.225 e. The number of carbonyl (C=O) groups is 1. The zero-order valence-corrected chi connectivity index (χ0v) is 17.9. The number of anilines is 1. The number of likely N-dealkylation sites (tertiary alicyclic amines) is 1. The van der Waals surface area contributed by atoms with Crippen LogP contribution in [0.1, 0.15) is 56.0 Å². The van der Waals surface area contributed by atoms with Crippen LogP contribution in [-0.4, -0.2) is 53.1 Å². The minimum Gasteiger partial charge on any atom is -0.377 e. The van der Waals surface area contributed by atoms with Crippen molar-refractivity contribution in [1.29, 1.82) is 0 Å². The van der Waals surface area contributed by atoms with Crippen LogP contribution < -0.4 is 11.1 Å². The Morgan fingerprint density at radius 3 is 2.46 bits per heavy atom. The number of nitrogens with one attached hydrogen (secondary N) is 1. The first kappa shape index (κ1) is 23.1. The normalized spacial score (nSPS) is 24.6. The molecule has 3 fully saturated rings. The Labute approximate surface area is 179 Å². The number of ether oxygens (including phenoxy) is 1. The van der Waals surface area contributed by atoms with Crippen molar-refractivity contribution in [2.24, 2.45) is 11.7 Å². The first-order valence-corrected chi connectivity index (χ1v) is 9.80. The van der Waals surface area contributed by atoms with Crippen molar-refractivity contribution in [2.75, 3.05) is 25.5 Å². The fraction of sp³-hybridized carbons (Fsp3) is 0.737. The second kappa shape index (κ2) is 10.1. The molecule has 3 N–H and O–H groups in total. The lowest BCUT2D eigenvalue weighted by Gasteiger charge is -2.34. The highest BCUT2D eigenvalue weighted by atomic mass is 35.5. The average Bonchev–Trinajstić information content (AvgIpc) is 3.44. The van der Waals surface area contributed by atoms with E-state index in [1.165, 1.54) is 0 Å². The van der Waals surface area contributed by atoms with Gasteiger partial charge in [0.1, 0.15) is 12.4 Å². The number of halogens is 2. The van der Waals surface area contributed by atoms with Crippen LogP contribution in [0.4, 0.5) is 5.82 Å². The van der Waals surface area contributed by atoms with E-state index in [-0.39, 0.29) is 24.8 Å². The molecular formula is C19H31Cl2N5O2. The molecule has 1 amide bonds. The fourth-order valence-electron chi connectivity index (χ4n) is 3.94. The largest absolute Gasteiger partial charge is 0.377 e. The average molecular weight is 432 g/mol. The molecule has 28 heavy (non-hydrogen) atoms. The van der Waals surface area contributed by atoms with Crippen molar-refractivity contribution in [3.05, 3.63) is 17.6 Å². The summed E-state index contributed by atoms with van der Waals surface area (Å²) in [6.45, 7) is 2.09. The molecule has 0 bridgehead atoms. The maximum absolute atomic E-state index is 12.2. The lowest BCUT2D eigenvalue weighted by atomic mass is 9.78. The molecule has 0 aromatic carbocycles. The molecule has 158 valence electrons. The van der Waals surface area contributed by atoms with Gasteiger partial charge in [0.2, 0.25) is 5.91 Å². The summed E-state index contributed by atoms with van der Waals surface area (Å²) in [7, 11) is 1.66. The second-order valence-corrected chi connectivity index (χ2v) is 7.97. The topological polar surface area (TPSA) is 93.4 Å². The van der Waals surface area contributed by atoms with Gasteiger partial charge < -0.3 is 20.7 Å². The number of hydrogen-bond donors (Lipinski definition) is 2. The van der Waals surface area contributed by atoms with Crippen LogP contribution in [-0.2, 0) is 16.1 Å². The van der Waals surface area contributed by atoms with Crippen molar-refractivity contribution in [2.45, 2.75) is 63.1 Å². The van der Waals surface area contributed by atoms with Gasteiger partial charge in [-0.3, -0.25) is 4.79 Å². The molecule has 1 aromatic heterocycles. The van der Waals surface area contributed by atoms with Gasteiger partial charge >= 0.3 is 0 Å². The van der Waals surface area contributed by atoms with Crippen molar-refractivity contribution in [3.8, 4) is 0 Å². The fourth-order valence-corrected chi connectivity index (χ4v) is 3.94. The van der Waals surface area contributed by atoms with Crippen LogP contribution in [0.25, 0.3) is 0 Å². The highest BCUT2D eigenvalue weighted by molar-refractivity contribution is 5.85. The number of aromatic nitrogens is 2. The Balaban J connectivity index is 0.00000140. The first-order valence-electron chi connectivity index (χ1n) is 9.80. The third-order valence-electron chi connectivity index (χ3n) is 5.74. The maximum atomic E-state index is 12.2. The standard InChI is InChI=1S/C19H29N5O2.2ClH/c1-26-11-18-22-16(13-8-14(20)9-13)10-17(23-18)21-15-4-6-24(7-5-15)19(25)12-2-3-12;;/h10,12-15H,2-9,11,20H2,1H3,(H,21,22,23);2*1H. The zero-order valence-electron chi connectivity index (χ0n) is 16.3. The predicted octanol–water partition coefficient (Wildman–Crippen LogP) is 2.48. The van der Waals surface area contributed by atoms with Gasteiger partial charge in [-0.05, 0) is 38.5 Å². The summed E-state index contributed by atoms with van der Waals surface area (Å²) < 4.78 is 5.23. The van der Waals surface area contributed by atoms with Gasteiger partial charge in [-0.15, -0.1) is 24.8 Å². The van der Waals surface area contributed by atoms with Crippen LogP contribution in [0, 0.1) is 5.92 Å². The number of amides is 1. The van der Waals surface area contributed by atoms with Crippen LogP contribution in [0.3, 0.4) is 0 Å². The van der Waals surface area contributed by atoms with Crippen molar-refractivity contribution in [3.63, 3.8) is 0 Å². The highest BCUT2D eigenvalue weighted by Gasteiger charge is 2.35. The van der Waals surface area contributed by atoms with Gasteiger partial charge in [0, 0.05) is 55.9 Å². The number of carbonyl (C=O) groups excluding carboxylic acids is 1. The molecule has 1 aromatic rings. The molecule has 1 saturated heterocycles. The zero-order chi connectivity index (χ0) is 18.1.